The minimum absolute atomic E-state index is 0.0941. The first kappa shape index (κ1) is 15.8. The van der Waals surface area contributed by atoms with Crippen LogP contribution in [0.15, 0.2) is 24.3 Å². The van der Waals surface area contributed by atoms with Gasteiger partial charge in [-0.15, -0.1) is 0 Å². The highest BCUT2D eigenvalue weighted by Gasteiger charge is 2.36. The van der Waals surface area contributed by atoms with Crippen LogP contribution < -0.4 is 0 Å². The number of carbonyl (C=O) groups is 1. The highest BCUT2D eigenvalue weighted by molar-refractivity contribution is 5.84. The normalized spacial score (nSPS) is 19.3. The number of aromatic hydroxyl groups is 1. The van der Waals surface area contributed by atoms with Crippen molar-refractivity contribution in [2.75, 3.05) is 20.2 Å². The molecule has 2 rings (SSSR count). The van der Waals surface area contributed by atoms with E-state index in [0.29, 0.717) is 18.1 Å². The van der Waals surface area contributed by atoms with Gasteiger partial charge in [0.1, 0.15) is 11.4 Å². The molecule has 1 aliphatic heterocycles. The third-order valence-corrected chi connectivity index (χ3v) is 4.72. The molecule has 21 heavy (non-hydrogen) atoms. The van der Waals surface area contributed by atoms with Gasteiger partial charge in [-0.3, -0.25) is 4.79 Å². The molecular weight excluding hydrogens is 266 g/mol. The number of hydrogen-bond acceptors (Lipinski definition) is 3. The molecule has 116 valence electrons. The molecule has 1 atom stereocenters. The van der Waals surface area contributed by atoms with Crippen LogP contribution in [-0.4, -0.2) is 41.7 Å². The Morgan fingerprint density at radius 2 is 1.90 bits per heavy atom. The molecule has 1 unspecified atom stereocenters. The first-order chi connectivity index (χ1) is 10.00. The number of carbonyl (C=O) groups excluding carboxylic acids is 1. The Balaban J connectivity index is 1.97. The van der Waals surface area contributed by atoms with Gasteiger partial charge in [0.2, 0.25) is 0 Å². The monoisotopic (exact) mass is 291 g/mol. The second-order valence-corrected chi connectivity index (χ2v) is 5.95. The van der Waals surface area contributed by atoms with Gasteiger partial charge in [0.25, 0.3) is 5.91 Å². The Hall–Kier alpha value is -1.55. The van der Waals surface area contributed by atoms with Crippen molar-refractivity contribution in [1.82, 2.24) is 4.90 Å². The van der Waals surface area contributed by atoms with E-state index in [4.69, 9.17) is 4.74 Å². The number of amides is 1. The van der Waals surface area contributed by atoms with E-state index in [9.17, 15) is 9.90 Å². The molecule has 0 saturated carbocycles. The molecule has 0 aromatic heterocycles. The van der Waals surface area contributed by atoms with Crippen molar-refractivity contribution in [1.29, 1.82) is 0 Å². The fraction of sp³-hybridized carbons (Fsp3) is 0.588. The highest BCUT2D eigenvalue weighted by Crippen LogP contribution is 2.30. The smallest absolute Gasteiger partial charge is 0.254 e. The molecule has 4 heteroatoms. The van der Waals surface area contributed by atoms with E-state index in [-0.39, 0.29) is 5.91 Å². The molecule has 1 aromatic carbocycles. The number of likely N-dealkylation sites (tertiary alicyclic amines) is 1. The summed E-state index contributed by atoms with van der Waals surface area (Å²) in [4.78, 5) is 14.5. The minimum Gasteiger partial charge on any atom is -0.508 e. The van der Waals surface area contributed by atoms with Gasteiger partial charge >= 0.3 is 0 Å². The maximum absolute atomic E-state index is 12.5. The van der Waals surface area contributed by atoms with Crippen molar-refractivity contribution in [3.05, 3.63) is 29.8 Å². The van der Waals surface area contributed by atoms with Crippen molar-refractivity contribution >= 4 is 5.91 Å². The van der Waals surface area contributed by atoms with Crippen LogP contribution in [0.25, 0.3) is 0 Å². The molecule has 0 bridgehead atoms. The number of phenolic OH excluding ortho intramolecular Hbond substituents is 1. The lowest BCUT2D eigenvalue weighted by Gasteiger charge is -2.37. The Morgan fingerprint density at radius 3 is 2.38 bits per heavy atom. The van der Waals surface area contributed by atoms with Crippen LogP contribution in [0.4, 0.5) is 0 Å². The number of ether oxygens (including phenoxy) is 1. The summed E-state index contributed by atoms with van der Waals surface area (Å²) in [5, 5.41) is 9.35. The summed E-state index contributed by atoms with van der Waals surface area (Å²) < 4.78 is 5.41. The van der Waals surface area contributed by atoms with Gasteiger partial charge in [0.05, 0.1) is 0 Å². The van der Waals surface area contributed by atoms with Crippen LogP contribution >= 0.6 is 0 Å². The van der Waals surface area contributed by atoms with Crippen LogP contribution in [0.3, 0.4) is 0 Å². The number of benzene rings is 1. The van der Waals surface area contributed by atoms with Gasteiger partial charge in [-0.1, -0.05) is 19.1 Å². The van der Waals surface area contributed by atoms with E-state index in [1.54, 1.807) is 19.2 Å². The van der Waals surface area contributed by atoms with E-state index >= 15 is 0 Å². The van der Waals surface area contributed by atoms with Gasteiger partial charge in [0.15, 0.2) is 0 Å². The quantitative estimate of drug-likeness (QED) is 0.928. The topological polar surface area (TPSA) is 49.8 Å². The fourth-order valence-electron chi connectivity index (χ4n) is 2.88. The zero-order valence-corrected chi connectivity index (χ0v) is 13.1. The van der Waals surface area contributed by atoms with Gasteiger partial charge in [-0.05, 0) is 49.8 Å². The molecule has 1 amide bonds. The molecule has 1 fully saturated rings. The first-order valence-electron chi connectivity index (χ1n) is 7.63. The van der Waals surface area contributed by atoms with Crippen molar-refractivity contribution < 1.29 is 14.6 Å². The number of hydrogen-bond donors (Lipinski definition) is 1. The van der Waals surface area contributed by atoms with Gasteiger partial charge in [-0.25, -0.2) is 0 Å². The lowest BCUT2D eigenvalue weighted by Crippen LogP contribution is -2.50. The average Bonchev–Trinajstić information content (AvgIpc) is 2.54. The minimum atomic E-state index is -0.703. The Labute approximate surface area is 126 Å². The van der Waals surface area contributed by atoms with Gasteiger partial charge in [-0.2, -0.15) is 0 Å². The summed E-state index contributed by atoms with van der Waals surface area (Å²) in [6.07, 6.45) is 2.60. The van der Waals surface area contributed by atoms with Crippen molar-refractivity contribution in [2.24, 2.45) is 0 Å². The fourth-order valence-corrected chi connectivity index (χ4v) is 2.88. The predicted octanol–water partition coefficient (Wildman–Crippen LogP) is 2.91. The standard InChI is InChI=1S/C17H25NO3/c1-4-17(2,21-3)16(20)18-11-9-14(10-12-18)13-5-7-15(19)8-6-13/h5-8,14,19H,4,9-12H2,1-3H3. The lowest BCUT2D eigenvalue weighted by atomic mass is 9.88. The van der Waals surface area contributed by atoms with Gasteiger partial charge < -0.3 is 14.7 Å². The number of rotatable bonds is 4. The number of phenols is 1. The molecule has 0 spiro atoms. The van der Waals surface area contributed by atoms with Crippen LogP contribution in [-0.2, 0) is 9.53 Å². The zero-order valence-electron chi connectivity index (χ0n) is 13.1. The highest BCUT2D eigenvalue weighted by atomic mass is 16.5. The number of nitrogens with zero attached hydrogens (tertiary/aromatic N) is 1. The van der Waals surface area contributed by atoms with E-state index in [0.717, 1.165) is 25.9 Å². The van der Waals surface area contributed by atoms with E-state index in [1.165, 1.54) is 5.56 Å². The summed E-state index contributed by atoms with van der Waals surface area (Å²) in [6, 6.07) is 7.41. The Bertz CT molecular complexity index is 471. The molecule has 1 saturated heterocycles. The summed E-state index contributed by atoms with van der Waals surface area (Å²) in [6.45, 7) is 5.37. The molecule has 1 aliphatic rings. The average molecular weight is 291 g/mol. The maximum Gasteiger partial charge on any atom is 0.254 e. The van der Waals surface area contributed by atoms with E-state index in [1.807, 2.05) is 30.9 Å². The number of piperidine rings is 1. The molecule has 1 heterocycles. The zero-order chi connectivity index (χ0) is 15.5. The summed E-state index contributed by atoms with van der Waals surface area (Å²) in [5.74, 6) is 0.854. The van der Waals surface area contributed by atoms with E-state index in [2.05, 4.69) is 0 Å². The molecule has 0 radical (unpaired) electrons. The van der Waals surface area contributed by atoms with Gasteiger partial charge in [0, 0.05) is 20.2 Å². The summed E-state index contributed by atoms with van der Waals surface area (Å²) in [7, 11) is 1.60. The molecule has 0 aliphatic carbocycles. The molecule has 1 N–H and O–H groups in total. The Kier molecular flexibility index (Phi) is 4.88. The maximum atomic E-state index is 12.5. The van der Waals surface area contributed by atoms with Crippen molar-refractivity contribution in [3.8, 4) is 5.75 Å². The lowest BCUT2D eigenvalue weighted by molar-refractivity contribution is -0.154. The van der Waals surface area contributed by atoms with Crippen LogP contribution in [0, 0.1) is 0 Å². The second kappa shape index (κ2) is 6.48. The second-order valence-electron chi connectivity index (χ2n) is 5.95. The van der Waals surface area contributed by atoms with Crippen molar-refractivity contribution in [3.63, 3.8) is 0 Å². The van der Waals surface area contributed by atoms with Crippen LogP contribution in [0.2, 0.25) is 0 Å². The van der Waals surface area contributed by atoms with E-state index < -0.39 is 5.60 Å². The first-order valence-corrected chi connectivity index (χ1v) is 7.63. The van der Waals surface area contributed by atoms with Crippen LogP contribution in [0.1, 0.15) is 44.6 Å². The largest absolute Gasteiger partial charge is 0.508 e. The molecule has 1 aromatic rings. The predicted molar refractivity (Wildman–Crippen MR) is 82.4 cm³/mol. The summed E-state index contributed by atoms with van der Waals surface area (Å²) >= 11 is 0. The SMILES string of the molecule is CCC(C)(OC)C(=O)N1CCC(c2ccc(O)cc2)CC1. The summed E-state index contributed by atoms with van der Waals surface area (Å²) in [5.41, 5.74) is 0.538. The van der Waals surface area contributed by atoms with Crippen molar-refractivity contribution in [2.45, 2.75) is 44.6 Å². The molecule has 4 nitrogen and oxygen atoms in total. The number of methoxy groups -OCH3 is 1. The Morgan fingerprint density at radius 1 is 1.33 bits per heavy atom. The third kappa shape index (κ3) is 3.38. The van der Waals surface area contributed by atoms with Crippen LogP contribution in [0.5, 0.6) is 5.75 Å². The molecular formula is C17H25NO3. The third-order valence-electron chi connectivity index (χ3n) is 4.72.